The third kappa shape index (κ3) is 6.19. The Morgan fingerprint density at radius 2 is 1.65 bits per heavy atom. The van der Waals surface area contributed by atoms with Crippen molar-refractivity contribution in [3.63, 3.8) is 0 Å². The SMILES string of the molecule is O=C(COC(=O)c1ccc(NS(=O)(=O)c2ccc3c(c2)OCCO3)cc1)NCC1CCCCC1. The average molecular weight is 489 g/mol. The largest absolute Gasteiger partial charge is 0.486 e. The number of anilines is 1. The van der Waals surface area contributed by atoms with Crippen molar-refractivity contribution in [2.75, 3.05) is 31.1 Å². The van der Waals surface area contributed by atoms with Gasteiger partial charge in [0, 0.05) is 18.3 Å². The van der Waals surface area contributed by atoms with E-state index in [1.54, 1.807) is 6.07 Å². The van der Waals surface area contributed by atoms with Gasteiger partial charge >= 0.3 is 5.97 Å². The molecule has 34 heavy (non-hydrogen) atoms. The summed E-state index contributed by atoms with van der Waals surface area (Å²) in [6, 6.07) is 10.2. The van der Waals surface area contributed by atoms with Crippen molar-refractivity contribution in [1.82, 2.24) is 5.32 Å². The van der Waals surface area contributed by atoms with Gasteiger partial charge in [-0.05, 0) is 55.2 Å². The number of sulfonamides is 1. The number of rotatable bonds is 8. The molecule has 10 heteroatoms. The molecule has 0 saturated heterocycles. The number of hydrogen-bond acceptors (Lipinski definition) is 7. The molecule has 2 aromatic rings. The second kappa shape index (κ2) is 10.8. The van der Waals surface area contributed by atoms with Crippen LogP contribution in [-0.2, 0) is 19.6 Å². The molecule has 2 aromatic carbocycles. The first kappa shape index (κ1) is 23.9. The lowest BCUT2D eigenvalue weighted by molar-refractivity contribution is -0.124. The number of ether oxygens (including phenoxy) is 3. The standard InChI is InChI=1S/C24H28N2O7S/c27-23(25-15-17-4-2-1-3-5-17)16-33-24(28)18-6-8-19(9-7-18)26-34(29,30)20-10-11-21-22(14-20)32-13-12-31-21/h6-11,14,17,26H,1-5,12-13,15-16H2,(H,25,27). The smallest absolute Gasteiger partial charge is 0.338 e. The van der Waals surface area contributed by atoms with Gasteiger partial charge in [-0.25, -0.2) is 13.2 Å². The van der Waals surface area contributed by atoms with E-state index in [1.165, 1.54) is 55.7 Å². The van der Waals surface area contributed by atoms with Crippen molar-refractivity contribution in [1.29, 1.82) is 0 Å². The van der Waals surface area contributed by atoms with Crippen LogP contribution in [0.5, 0.6) is 11.5 Å². The Balaban J connectivity index is 1.28. The summed E-state index contributed by atoms with van der Waals surface area (Å²) in [7, 11) is -3.87. The van der Waals surface area contributed by atoms with E-state index in [1.807, 2.05) is 0 Å². The first-order chi connectivity index (χ1) is 16.4. The van der Waals surface area contributed by atoms with E-state index in [-0.39, 0.29) is 28.7 Å². The highest BCUT2D eigenvalue weighted by Crippen LogP contribution is 2.32. The van der Waals surface area contributed by atoms with Crippen LogP contribution in [-0.4, -0.2) is 46.7 Å². The van der Waals surface area contributed by atoms with Gasteiger partial charge in [0.1, 0.15) is 13.2 Å². The van der Waals surface area contributed by atoms with Gasteiger partial charge in [0.15, 0.2) is 18.1 Å². The van der Waals surface area contributed by atoms with Crippen LogP contribution in [0.15, 0.2) is 47.4 Å². The van der Waals surface area contributed by atoms with Crippen molar-refractivity contribution < 1.29 is 32.2 Å². The summed E-state index contributed by atoms with van der Waals surface area (Å²) < 4.78 is 43.8. The monoisotopic (exact) mass is 488 g/mol. The van der Waals surface area contributed by atoms with Gasteiger partial charge in [-0.15, -0.1) is 0 Å². The molecule has 1 fully saturated rings. The summed E-state index contributed by atoms with van der Waals surface area (Å²) in [5, 5.41) is 2.82. The minimum atomic E-state index is -3.87. The molecule has 1 aliphatic carbocycles. The van der Waals surface area contributed by atoms with Crippen LogP contribution in [0.4, 0.5) is 5.69 Å². The fourth-order valence-electron chi connectivity index (χ4n) is 3.99. The number of carbonyl (C=O) groups excluding carboxylic acids is 2. The van der Waals surface area contributed by atoms with E-state index in [0.29, 0.717) is 37.2 Å². The summed E-state index contributed by atoms with van der Waals surface area (Å²) in [6.07, 6.45) is 5.87. The molecule has 0 radical (unpaired) electrons. The third-order valence-corrected chi connectivity index (χ3v) is 7.22. The molecule has 1 aliphatic heterocycles. The lowest BCUT2D eigenvalue weighted by atomic mass is 9.89. The van der Waals surface area contributed by atoms with Crippen LogP contribution in [0, 0.1) is 5.92 Å². The number of carbonyl (C=O) groups is 2. The Hall–Kier alpha value is -3.27. The van der Waals surface area contributed by atoms with Crippen LogP contribution in [0.3, 0.4) is 0 Å². The Morgan fingerprint density at radius 3 is 2.38 bits per heavy atom. The molecule has 0 bridgehead atoms. The highest BCUT2D eigenvalue weighted by atomic mass is 32.2. The highest BCUT2D eigenvalue weighted by Gasteiger charge is 2.20. The van der Waals surface area contributed by atoms with Gasteiger partial charge in [0.05, 0.1) is 10.5 Å². The molecule has 0 atom stereocenters. The number of nitrogens with one attached hydrogen (secondary N) is 2. The average Bonchev–Trinajstić information content (AvgIpc) is 2.86. The molecule has 1 saturated carbocycles. The van der Waals surface area contributed by atoms with Crippen molar-refractivity contribution in [3.05, 3.63) is 48.0 Å². The number of esters is 1. The quantitative estimate of drug-likeness (QED) is 0.548. The molecule has 0 spiro atoms. The van der Waals surface area contributed by atoms with Crippen LogP contribution in [0.1, 0.15) is 42.5 Å². The van der Waals surface area contributed by atoms with E-state index in [0.717, 1.165) is 12.8 Å². The molecule has 1 heterocycles. The van der Waals surface area contributed by atoms with Crippen molar-refractivity contribution in [3.8, 4) is 11.5 Å². The van der Waals surface area contributed by atoms with Crippen molar-refractivity contribution >= 4 is 27.6 Å². The second-order valence-corrected chi connectivity index (χ2v) is 10.1. The molecule has 0 unspecified atom stereocenters. The van der Waals surface area contributed by atoms with E-state index >= 15 is 0 Å². The summed E-state index contributed by atoms with van der Waals surface area (Å²) >= 11 is 0. The fourth-order valence-corrected chi connectivity index (χ4v) is 5.07. The molecule has 182 valence electrons. The Morgan fingerprint density at radius 1 is 0.941 bits per heavy atom. The molecule has 2 aliphatic rings. The van der Waals surface area contributed by atoms with Gasteiger partial charge in [-0.2, -0.15) is 0 Å². The molecule has 2 N–H and O–H groups in total. The van der Waals surface area contributed by atoms with E-state index in [4.69, 9.17) is 14.2 Å². The predicted molar refractivity (Wildman–Crippen MR) is 125 cm³/mol. The Kier molecular flexibility index (Phi) is 7.56. The summed E-state index contributed by atoms with van der Waals surface area (Å²) in [4.78, 5) is 24.2. The molecule has 9 nitrogen and oxygen atoms in total. The Bertz CT molecular complexity index is 1130. The number of fused-ring (bicyclic) bond motifs is 1. The topological polar surface area (TPSA) is 120 Å². The molecular formula is C24H28N2O7S. The normalized spacial score (nSPS) is 15.9. The van der Waals surface area contributed by atoms with Crippen molar-refractivity contribution in [2.24, 2.45) is 5.92 Å². The number of hydrogen-bond donors (Lipinski definition) is 2. The molecule has 0 aromatic heterocycles. The van der Waals surface area contributed by atoms with Gasteiger partial charge in [0.2, 0.25) is 0 Å². The first-order valence-electron chi connectivity index (χ1n) is 11.4. The maximum atomic E-state index is 12.7. The highest BCUT2D eigenvalue weighted by molar-refractivity contribution is 7.92. The van der Waals surface area contributed by atoms with E-state index in [9.17, 15) is 18.0 Å². The lowest BCUT2D eigenvalue weighted by Crippen LogP contribution is -2.33. The predicted octanol–water partition coefficient (Wildman–Crippen LogP) is 3.11. The van der Waals surface area contributed by atoms with Crippen LogP contribution in [0.2, 0.25) is 0 Å². The zero-order chi connectivity index (χ0) is 24.0. The summed E-state index contributed by atoms with van der Waals surface area (Å²) in [5.41, 5.74) is 0.485. The van der Waals surface area contributed by atoms with E-state index in [2.05, 4.69) is 10.0 Å². The van der Waals surface area contributed by atoms with Crippen LogP contribution in [0.25, 0.3) is 0 Å². The molecular weight excluding hydrogens is 460 g/mol. The third-order valence-electron chi connectivity index (χ3n) is 5.84. The fraction of sp³-hybridized carbons (Fsp3) is 0.417. The van der Waals surface area contributed by atoms with Gasteiger partial charge < -0.3 is 19.5 Å². The lowest BCUT2D eigenvalue weighted by Gasteiger charge is -2.21. The number of benzene rings is 2. The second-order valence-electron chi connectivity index (χ2n) is 8.37. The minimum Gasteiger partial charge on any atom is -0.486 e. The minimum absolute atomic E-state index is 0.0273. The van der Waals surface area contributed by atoms with E-state index < -0.39 is 16.0 Å². The zero-order valence-corrected chi connectivity index (χ0v) is 19.6. The van der Waals surface area contributed by atoms with Crippen molar-refractivity contribution in [2.45, 2.75) is 37.0 Å². The summed E-state index contributed by atoms with van der Waals surface area (Å²) in [6.45, 7) is 1.01. The molecule has 1 amide bonds. The maximum absolute atomic E-state index is 12.7. The molecule has 4 rings (SSSR count). The summed E-state index contributed by atoms with van der Waals surface area (Å²) in [5.74, 6) is 0.370. The van der Waals surface area contributed by atoms with Crippen LogP contribution >= 0.6 is 0 Å². The van der Waals surface area contributed by atoms with Gasteiger partial charge in [0.25, 0.3) is 15.9 Å². The zero-order valence-electron chi connectivity index (χ0n) is 18.7. The number of amides is 1. The van der Waals surface area contributed by atoms with Gasteiger partial charge in [-0.1, -0.05) is 19.3 Å². The Labute approximate surface area is 198 Å². The first-order valence-corrected chi connectivity index (χ1v) is 12.9. The maximum Gasteiger partial charge on any atom is 0.338 e. The van der Waals surface area contributed by atoms with Gasteiger partial charge in [-0.3, -0.25) is 9.52 Å². The van der Waals surface area contributed by atoms with Crippen LogP contribution < -0.4 is 19.5 Å².